The van der Waals surface area contributed by atoms with Gasteiger partial charge in [0.15, 0.2) is 0 Å². The van der Waals surface area contributed by atoms with Crippen LogP contribution in [0.4, 0.5) is 0 Å². The van der Waals surface area contributed by atoms with Crippen LogP contribution in [0.5, 0.6) is 0 Å². The number of hydrogen-bond donors (Lipinski definition) is 2. The van der Waals surface area contributed by atoms with Crippen molar-refractivity contribution in [1.82, 2.24) is 10.6 Å². The monoisotopic (exact) mass is 242 g/mol. The first-order valence-corrected chi connectivity index (χ1v) is 6.71. The van der Waals surface area contributed by atoms with Gasteiger partial charge in [-0.2, -0.15) is 0 Å². The van der Waals surface area contributed by atoms with Crippen molar-refractivity contribution in [3.8, 4) is 0 Å². The van der Waals surface area contributed by atoms with Gasteiger partial charge in [-0.15, -0.1) is 0 Å². The summed E-state index contributed by atoms with van der Waals surface area (Å²) in [5, 5.41) is 6.28. The number of hydrogen-bond acceptors (Lipinski definition) is 3. The van der Waals surface area contributed by atoms with Crippen LogP contribution in [-0.4, -0.2) is 37.7 Å². The molecule has 2 unspecified atom stereocenters. The van der Waals surface area contributed by atoms with Gasteiger partial charge in [0, 0.05) is 19.2 Å². The second kappa shape index (κ2) is 7.67. The fourth-order valence-electron chi connectivity index (χ4n) is 1.94. The quantitative estimate of drug-likeness (QED) is 0.738. The lowest BCUT2D eigenvalue weighted by atomic mass is 10.1. The van der Waals surface area contributed by atoms with E-state index in [1.54, 1.807) is 0 Å². The first-order valence-electron chi connectivity index (χ1n) is 6.71. The molecular weight excluding hydrogens is 216 g/mol. The van der Waals surface area contributed by atoms with E-state index in [1.807, 2.05) is 6.92 Å². The predicted octanol–water partition coefficient (Wildman–Crippen LogP) is 1.31. The third-order valence-electron chi connectivity index (χ3n) is 3.06. The van der Waals surface area contributed by atoms with Gasteiger partial charge in [0.05, 0.1) is 12.6 Å². The maximum Gasteiger partial charge on any atom is 0.236 e. The summed E-state index contributed by atoms with van der Waals surface area (Å²) in [4.78, 5) is 11.8. The van der Waals surface area contributed by atoms with Gasteiger partial charge in [-0.1, -0.05) is 13.8 Å². The van der Waals surface area contributed by atoms with Crippen molar-refractivity contribution >= 4 is 5.91 Å². The van der Waals surface area contributed by atoms with E-state index < -0.39 is 0 Å². The number of nitrogens with one attached hydrogen (secondary N) is 2. The van der Waals surface area contributed by atoms with Crippen LogP contribution < -0.4 is 10.6 Å². The SMILES string of the molecule is CC(C)CCNC(=O)C(C)NC1CCCOC1. The number of carbonyl (C=O) groups excluding carboxylic acids is 1. The molecule has 2 atom stereocenters. The molecule has 0 saturated carbocycles. The molecule has 2 N–H and O–H groups in total. The summed E-state index contributed by atoms with van der Waals surface area (Å²) >= 11 is 0. The smallest absolute Gasteiger partial charge is 0.236 e. The Bertz CT molecular complexity index is 225. The number of carbonyl (C=O) groups is 1. The molecule has 1 aliphatic heterocycles. The molecule has 0 aromatic heterocycles. The van der Waals surface area contributed by atoms with Crippen LogP contribution in [0.3, 0.4) is 0 Å². The van der Waals surface area contributed by atoms with Crippen LogP contribution in [0.15, 0.2) is 0 Å². The summed E-state index contributed by atoms with van der Waals surface area (Å²) in [5.74, 6) is 0.724. The summed E-state index contributed by atoms with van der Waals surface area (Å²) in [6.45, 7) is 8.58. The van der Waals surface area contributed by atoms with Crippen molar-refractivity contribution in [2.75, 3.05) is 19.8 Å². The van der Waals surface area contributed by atoms with E-state index in [0.29, 0.717) is 12.0 Å². The first-order chi connectivity index (χ1) is 8.09. The maximum absolute atomic E-state index is 11.8. The number of ether oxygens (including phenoxy) is 1. The van der Waals surface area contributed by atoms with Crippen molar-refractivity contribution in [3.63, 3.8) is 0 Å². The summed E-state index contributed by atoms with van der Waals surface area (Å²) < 4.78 is 5.38. The Kier molecular flexibility index (Phi) is 6.52. The summed E-state index contributed by atoms with van der Waals surface area (Å²) in [6, 6.07) is 0.198. The minimum absolute atomic E-state index is 0.0937. The molecule has 0 aromatic carbocycles. The molecule has 17 heavy (non-hydrogen) atoms. The Morgan fingerprint density at radius 3 is 2.76 bits per heavy atom. The molecule has 1 rings (SSSR count). The van der Waals surface area contributed by atoms with Gasteiger partial charge >= 0.3 is 0 Å². The highest BCUT2D eigenvalue weighted by Gasteiger charge is 2.19. The van der Waals surface area contributed by atoms with E-state index in [4.69, 9.17) is 4.74 Å². The topological polar surface area (TPSA) is 50.4 Å². The highest BCUT2D eigenvalue weighted by Crippen LogP contribution is 2.06. The molecule has 0 radical (unpaired) electrons. The van der Waals surface area contributed by atoms with Crippen molar-refractivity contribution in [1.29, 1.82) is 0 Å². The zero-order valence-corrected chi connectivity index (χ0v) is 11.3. The van der Waals surface area contributed by atoms with Crippen LogP contribution in [0.1, 0.15) is 40.0 Å². The van der Waals surface area contributed by atoms with E-state index in [0.717, 1.165) is 39.0 Å². The van der Waals surface area contributed by atoms with Crippen molar-refractivity contribution in [2.24, 2.45) is 5.92 Å². The van der Waals surface area contributed by atoms with E-state index in [-0.39, 0.29) is 11.9 Å². The lowest BCUT2D eigenvalue weighted by Crippen LogP contribution is -2.49. The lowest BCUT2D eigenvalue weighted by molar-refractivity contribution is -0.123. The maximum atomic E-state index is 11.8. The van der Waals surface area contributed by atoms with Gasteiger partial charge in [-0.05, 0) is 32.1 Å². The lowest BCUT2D eigenvalue weighted by Gasteiger charge is -2.26. The number of amides is 1. The molecule has 0 spiro atoms. The van der Waals surface area contributed by atoms with Crippen molar-refractivity contribution in [2.45, 2.75) is 52.1 Å². The third kappa shape index (κ3) is 6.03. The van der Waals surface area contributed by atoms with E-state index in [9.17, 15) is 4.79 Å². The summed E-state index contributed by atoms with van der Waals surface area (Å²) in [5.41, 5.74) is 0. The van der Waals surface area contributed by atoms with E-state index in [2.05, 4.69) is 24.5 Å². The molecule has 4 heteroatoms. The van der Waals surface area contributed by atoms with Crippen LogP contribution >= 0.6 is 0 Å². The predicted molar refractivity (Wildman–Crippen MR) is 68.9 cm³/mol. The molecular formula is C13H26N2O2. The zero-order chi connectivity index (χ0) is 12.7. The molecule has 1 fully saturated rings. The molecule has 100 valence electrons. The Hall–Kier alpha value is -0.610. The van der Waals surface area contributed by atoms with Crippen molar-refractivity contribution in [3.05, 3.63) is 0 Å². The molecule has 1 heterocycles. The van der Waals surface area contributed by atoms with Crippen LogP contribution in [-0.2, 0) is 9.53 Å². The minimum Gasteiger partial charge on any atom is -0.380 e. The number of rotatable bonds is 6. The van der Waals surface area contributed by atoms with Gasteiger partial charge in [0.25, 0.3) is 0 Å². The molecule has 1 saturated heterocycles. The van der Waals surface area contributed by atoms with Crippen LogP contribution in [0, 0.1) is 5.92 Å². The van der Waals surface area contributed by atoms with Crippen LogP contribution in [0.25, 0.3) is 0 Å². The normalized spacial score (nSPS) is 22.5. The Morgan fingerprint density at radius 1 is 1.41 bits per heavy atom. The molecule has 0 bridgehead atoms. The highest BCUT2D eigenvalue weighted by molar-refractivity contribution is 5.81. The summed E-state index contributed by atoms with van der Waals surface area (Å²) in [7, 11) is 0. The second-order valence-electron chi connectivity index (χ2n) is 5.28. The second-order valence-corrected chi connectivity index (χ2v) is 5.28. The van der Waals surface area contributed by atoms with E-state index in [1.165, 1.54) is 0 Å². The molecule has 0 aromatic rings. The Morgan fingerprint density at radius 2 is 2.18 bits per heavy atom. The average Bonchev–Trinajstić information content (AvgIpc) is 2.29. The highest BCUT2D eigenvalue weighted by atomic mass is 16.5. The van der Waals surface area contributed by atoms with Crippen molar-refractivity contribution < 1.29 is 9.53 Å². The van der Waals surface area contributed by atoms with E-state index >= 15 is 0 Å². The average molecular weight is 242 g/mol. The molecule has 4 nitrogen and oxygen atoms in total. The zero-order valence-electron chi connectivity index (χ0n) is 11.3. The van der Waals surface area contributed by atoms with Gasteiger partial charge in [0.2, 0.25) is 5.91 Å². The largest absolute Gasteiger partial charge is 0.380 e. The summed E-state index contributed by atoms with van der Waals surface area (Å²) in [6.07, 6.45) is 3.22. The fraction of sp³-hybridized carbons (Fsp3) is 0.923. The van der Waals surface area contributed by atoms with Crippen LogP contribution in [0.2, 0.25) is 0 Å². The minimum atomic E-state index is -0.131. The van der Waals surface area contributed by atoms with Gasteiger partial charge < -0.3 is 15.4 Å². The molecule has 0 aliphatic carbocycles. The Labute approximate surface area is 104 Å². The van der Waals surface area contributed by atoms with Gasteiger partial charge in [-0.25, -0.2) is 0 Å². The first kappa shape index (κ1) is 14.5. The third-order valence-corrected chi connectivity index (χ3v) is 3.06. The molecule has 1 amide bonds. The Balaban J connectivity index is 2.16. The fourth-order valence-corrected chi connectivity index (χ4v) is 1.94. The van der Waals surface area contributed by atoms with Gasteiger partial charge in [-0.3, -0.25) is 4.79 Å². The standard InChI is InChI=1S/C13H26N2O2/c1-10(2)6-7-14-13(16)11(3)15-12-5-4-8-17-9-12/h10-12,15H,4-9H2,1-3H3,(H,14,16). The van der Waals surface area contributed by atoms with Gasteiger partial charge in [0.1, 0.15) is 0 Å². The molecule has 1 aliphatic rings.